The molecule has 0 saturated heterocycles. The number of aromatic nitrogens is 2. The Bertz CT molecular complexity index is 891. The predicted octanol–water partition coefficient (Wildman–Crippen LogP) is 3.47. The van der Waals surface area contributed by atoms with E-state index >= 15 is 0 Å². The molecule has 0 fully saturated rings. The van der Waals surface area contributed by atoms with Gasteiger partial charge in [0.2, 0.25) is 17.7 Å². The third kappa shape index (κ3) is 3.10. The molecule has 1 unspecified atom stereocenters. The Labute approximate surface area is 145 Å². The van der Waals surface area contributed by atoms with E-state index in [0.29, 0.717) is 24.7 Å². The van der Waals surface area contributed by atoms with E-state index in [9.17, 15) is 4.79 Å². The van der Waals surface area contributed by atoms with Crippen LogP contribution in [0, 0.1) is 0 Å². The van der Waals surface area contributed by atoms with Gasteiger partial charge in [0.15, 0.2) is 0 Å². The van der Waals surface area contributed by atoms with E-state index in [1.54, 1.807) is 0 Å². The number of carbonyl (C=O) groups excluding carboxylic acids is 1. The summed E-state index contributed by atoms with van der Waals surface area (Å²) < 4.78 is 5.83. The summed E-state index contributed by atoms with van der Waals surface area (Å²) in [4.78, 5) is 14.2. The van der Waals surface area contributed by atoms with Gasteiger partial charge in [0.1, 0.15) is 0 Å². The van der Waals surface area contributed by atoms with Crippen molar-refractivity contribution in [3.63, 3.8) is 0 Å². The molecule has 0 bridgehead atoms. The molecular formula is C19H18N4O2. The number of anilines is 2. The maximum Gasteiger partial charge on any atom is 0.247 e. The fraction of sp³-hybridized carbons (Fsp3) is 0.211. The molecule has 25 heavy (non-hydrogen) atoms. The highest BCUT2D eigenvalue weighted by Crippen LogP contribution is 2.32. The molecule has 4 rings (SSSR count). The van der Waals surface area contributed by atoms with E-state index in [0.717, 1.165) is 16.9 Å². The lowest BCUT2D eigenvalue weighted by atomic mass is 10.2. The summed E-state index contributed by atoms with van der Waals surface area (Å²) >= 11 is 0. The number of hydrogen-bond donors (Lipinski definition) is 1. The molecule has 1 aliphatic heterocycles. The summed E-state index contributed by atoms with van der Waals surface area (Å²) in [7, 11) is 0. The lowest BCUT2D eigenvalue weighted by molar-refractivity contribution is -0.116. The molecule has 2 heterocycles. The summed E-state index contributed by atoms with van der Waals surface area (Å²) in [6.07, 6.45) is 0.411. The molecule has 1 N–H and O–H groups in total. The van der Waals surface area contributed by atoms with Crippen LogP contribution in [-0.2, 0) is 11.3 Å². The molecule has 3 aromatic rings. The highest BCUT2D eigenvalue weighted by molar-refractivity contribution is 5.96. The smallest absolute Gasteiger partial charge is 0.247 e. The Morgan fingerprint density at radius 1 is 1.12 bits per heavy atom. The molecule has 1 aromatic heterocycles. The van der Waals surface area contributed by atoms with Gasteiger partial charge in [-0.3, -0.25) is 4.79 Å². The molecule has 1 amide bonds. The number of amides is 1. The SMILES string of the molecule is CC1CC(=O)Nc2ccccc2N1Cc1nnc(-c2ccccc2)o1. The Morgan fingerprint density at radius 3 is 2.72 bits per heavy atom. The van der Waals surface area contributed by atoms with Crippen LogP contribution >= 0.6 is 0 Å². The van der Waals surface area contributed by atoms with Gasteiger partial charge in [0.05, 0.1) is 17.9 Å². The van der Waals surface area contributed by atoms with Crippen LogP contribution in [-0.4, -0.2) is 22.1 Å². The van der Waals surface area contributed by atoms with E-state index in [1.165, 1.54) is 0 Å². The van der Waals surface area contributed by atoms with Crippen molar-refractivity contribution in [1.82, 2.24) is 10.2 Å². The summed E-state index contributed by atoms with van der Waals surface area (Å²) in [5.74, 6) is 1.04. The number of nitrogens with one attached hydrogen (secondary N) is 1. The van der Waals surface area contributed by atoms with Gasteiger partial charge >= 0.3 is 0 Å². The predicted molar refractivity (Wildman–Crippen MR) is 95.1 cm³/mol. The van der Waals surface area contributed by atoms with E-state index in [1.807, 2.05) is 61.5 Å². The number of hydrogen-bond acceptors (Lipinski definition) is 5. The van der Waals surface area contributed by atoms with Crippen molar-refractivity contribution < 1.29 is 9.21 Å². The van der Waals surface area contributed by atoms with Crippen LogP contribution in [0.25, 0.3) is 11.5 Å². The lowest BCUT2D eigenvalue weighted by Crippen LogP contribution is -2.33. The number of rotatable bonds is 3. The molecule has 1 aliphatic rings. The zero-order valence-electron chi connectivity index (χ0n) is 13.8. The number of benzene rings is 2. The van der Waals surface area contributed by atoms with E-state index in [4.69, 9.17) is 4.42 Å². The lowest BCUT2D eigenvalue weighted by Gasteiger charge is -2.28. The highest BCUT2D eigenvalue weighted by Gasteiger charge is 2.26. The largest absolute Gasteiger partial charge is 0.419 e. The third-order valence-electron chi connectivity index (χ3n) is 4.29. The molecule has 126 valence electrons. The van der Waals surface area contributed by atoms with Crippen LogP contribution in [0.15, 0.2) is 59.0 Å². The zero-order valence-corrected chi connectivity index (χ0v) is 13.8. The third-order valence-corrected chi connectivity index (χ3v) is 4.29. The second kappa shape index (κ2) is 6.39. The molecule has 6 heteroatoms. The molecule has 0 spiro atoms. The molecule has 0 radical (unpaired) electrons. The van der Waals surface area contributed by atoms with Crippen molar-refractivity contribution in [2.24, 2.45) is 0 Å². The fourth-order valence-corrected chi connectivity index (χ4v) is 3.05. The van der Waals surface area contributed by atoms with Crippen LogP contribution in [0.5, 0.6) is 0 Å². The standard InChI is InChI=1S/C19H18N4O2/c1-13-11-17(24)20-15-9-5-6-10-16(15)23(13)12-18-21-22-19(25-18)14-7-3-2-4-8-14/h2-10,13H,11-12H2,1H3,(H,20,24). The summed E-state index contributed by atoms with van der Waals surface area (Å²) in [6, 6.07) is 17.5. The highest BCUT2D eigenvalue weighted by atomic mass is 16.4. The van der Waals surface area contributed by atoms with Crippen molar-refractivity contribution in [3.05, 3.63) is 60.5 Å². The average Bonchev–Trinajstić information content (AvgIpc) is 3.05. The van der Waals surface area contributed by atoms with Gasteiger partial charge in [-0.1, -0.05) is 30.3 Å². The first kappa shape index (κ1) is 15.4. The molecule has 2 aromatic carbocycles. The number of fused-ring (bicyclic) bond motifs is 1. The molecule has 0 aliphatic carbocycles. The van der Waals surface area contributed by atoms with Crippen LogP contribution in [0.4, 0.5) is 11.4 Å². The van der Waals surface area contributed by atoms with Gasteiger partial charge in [0.25, 0.3) is 0 Å². The van der Waals surface area contributed by atoms with E-state index in [2.05, 4.69) is 20.4 Å². The first-order chi connectivity index (χ1) is 12.2. The van der Waals surface area contributed by atoms with E-state index < -0.39 is 0 Å². The number of para-hydroxylation sites is 2. The Morgan fingerprint density at radius 2 is 1.88 bits per heavy atom. The minimum atomic E-state index is 0.0120. The monoisotopic (exact) mass is 334 g/mol. The minimum absolute atomic E-state index is 0.0120. The second-order valence-electron chi connectivity index (χ2n) is 6.11. The van der Waals surface area contributed by atoms with Crippen LogP contribution in [0.2, 0.25) is 0 Å². The zero-order chi connectivity index (χ0) is 17.2. The van der Waals surface area contributed by atoms with Crippen molar-refractivity contribution in [3.8, 4) is 11.5 Å². The van der Waals surface area contributed by atoms with Crippen LogP contribution in [0.3, 0.4) is 0 Å². The summed E-state index contributed by atoms with van der Waals surface area (Å²) in [5, 5.41) is 11.3. The molecular weight excluding hydrogens is 316 g/mol. The normalized spacial score (nSPS) is 16.9. The van der Waals surface area contributed by atoms with Gasteiger partial charge in [0, 0.05) is 18.0 Å². The number of nitrogens with zero attached hydrogens (tertiary/aromatic N) is 3. The van der Waals surface area contributed by atoms with Crippen molar-refractivity contribution >= 4 is 17.3 Å². The molecule has 0 saturated carbocycles. The van der Waals surface area contributed by atoms with Gasteiger partial charge in [-0.2, -0.15) is 0 Å². The second-order valence-corrected chi connectivity index (χ2v) is 6.11. The van der Waals surface area contributed by atoms with Gasteiger partial charge in [-0.25, -0.2) is 0 Å². The summed E-state index contributed by atoms with van der Waals surface area (Å²) in [5.41, 5.74) is 2.65. The Kier molecular flexibility index (Phi) is 3.93. The fourth-order valence-electron chi connectivity index (χ4n) is 3.05. The van der Waals surface area contributed by atoms with Crippen LogP contribution in [0.1, 0.15) is 19.2 Å². The first-order valence-electron chi connectivity index (χ1n) is 8.24. The van der Waals surface area contributed by atoms with Crippen molar-refractivity contribution in [2.45, 2.75) is 25.9 Å². The van der Waals surface area contributed by atoms with Crippen LogP contribution < -0.4 is 10.2 Å². The Hall–Kier alpha value is -3.15. The number of carbonyl (C=O) groups is 1. The quantitative estimate of drug-likeness (QED) is 0.794. The maximum absolute atomic E-state index is 12.1. The van der Waals surface area contributed by atoms with Gasteiger partial charge in [-0.15, -0.1) is 10.2 Å². The average molecular weight is 334 g/mol. The van der Waals surface area contributed by atoms with E-state index in [-0.39, 0.29) is 11.9 Å². The maximum atomic E-state index is 12.1. The van der Waals surface area contributed by atoms with Crippen molar-refractivity contribution in [2.75, 3.05) is 10.2 Å². The Balaban J connectivity index is 1.64. The minimum Gasteiger partial charge on any atom is -0.419 e. The van der Waals surface area contributed by atoms with Crippen molar-refractivity contribution in [1.29, 1.82) is 0 Å². The molecule has 6 nitrogen and oxygen atoms in total. The topological polar surface area (TPSA) is 71.3 Å². The van der Waals surface area contributed by atoms with Gasteiger partial charge < -0.3 is 14.6 Å². The first-order valence-corrected chi connectivity index (χ1v) is 8.24. The molecule has 1 atom stereocenters. The van der Waals surface area contributed by atoms with Gasteiger partial charge in [-0.05, 0) is 31.2 Å². The summed E-state index contributed by atoms with van der Waals surface area (Å²) in [6.45, 7) is 2.48.